The molecule has 2 atom stereocenters. The first-order chi connectivity index (χ1) is 11.4. The van der Waals surface area contributed by atoms with Gasteiger partial charge in [0.15, 0.2) is 0 Å². The number of piperidine rings is 1. The van der Waals surface area contributed by atoms with Gasteiger partial charge in [0, 0.05) is 13.2 Å². The highest BCUT2D eigenvalue weighted by Crippen LogP contribution is 2.25. The van der Waals surface area contributed by atoms with Crippen molar-refractivity contribution in [3.8, 4) is 0 Å². The van der Waals surface area contributed by atoms with Crippen molar-refractivity contribution in [2.24, 2.45) is 5.92 Å². The highest BCUT2D eigenvalue weighted by Gasteiger charge is 2.34. The van der Waals surface area contributed by atoms with E-state index in [0.29, 0.717) is 19.8 Å². The second kappa shape index (κ2) is 8.49. The molecule has 134 valence electrons. The number of carbonyl (C=O) groups is 1. The largest absolute Gasteiger partial charge is 0.444 e. The Labute approximate surface area is 144 Å². The van der Waals surface area contributed by atoms with Crippen LogP contribution in [0.25, 0.3) is 0 Å². The molecule has 1 aromatic carbocycles. The van der Waals surface area contributed by atoms with Gasteiger partial charge in [0.25, 0.3) is 0 Å². The molecule has 0 aromatic heterocycles. The molecule has 0 spiro atoms. The Balaban J connectivity index is 1.93. The van der Waals surface area contributed by atoms with Crippen LogP contribution < -0.4 is 0 Å². The van der Waals surface area contributed by atoms with Crippen molar-refractivity contribution in [2.75, 3.05) is 19.8 Å². The van der Waals surface area contributed by atoms with Gasteiger partial charge < -0.3 is 19.5 Å². The number of hydrogen-bond acceptors (Lipinski definition) is 4. The lowest BCUT2D eigenvalue weighted by Gasteiger charge is -2.39. The van der Waals surface area contributed by atoms with E-state index in [1.807, 2.05) is 51.1 Å². The van der Waals surface area contributed by atoms with Gasteiger partial charge in [-0.15, -0.1) is 0 Å². The normalized spacial score (nSPS) is 21.6. The molecule has 1 aliphatic heterocycles. The van der Waals surface area contributed by atoms with Crippen molar-refractivity contribution in [2.45, 2.75) is 51.9 Å². The van der Waals surface area contributed by atoms with Crippen molar-refractivity contribution in [3.63, 3.8) is 0 Å². The van der Waals surface area contributed by atoms with Crippen molar-refractivity contribution in [1.29, 1.82) is 0 Å². The molecule has 0 bridgehead atoms. The summed E-state index contributed by atoms with van der Waals surface area (Å²) in [7, 11) is 0. The third-order valence-corrected chi connectivity index (χ3v) is 4.13. The maximum Gasteiger partial charge on any atom is 0.410 e. The summed E-state index contributed by atoms with van der Waals surface area (Å²) in [5.41, 5.74) is 0.594. The van der Waals surface area contributed by atoms with Crippen molar-refractivity contribution >= 4 is 6.09 Å². The van der Waals surface area contributed by atoms with Crippen LogP contribution >= 0.6 is 0 Å². The van der Waals surface area contributed by atoms with Crippen molar-refractivity contribution < 1.29 is 19.4 Å². The first-order valence-electron chi connectivity index (χ1n) is 8.61. The van der Waals surface area contributed by atoms with E-state index >= 15 is 0 Å². The van der Waals surface area contributed by atoms with Gasteiger partial charge in [-0.05, 0) is 45.1 Å². The SMILES string of the molecule is CC(C)(C)OC(=O)N1CCC(CO)CC1COCc1ccccc1. The standard InChI is InChI=1S/C19H29NO4/c1-19(2,3)24-18(22)20-10-9-16(12-21)11-17(20)14-23-13-15-7-5-4-6-8-15/h4-8,16-17,21H,9-14H2,1-3H3. The molecule has 2 rings (SSSR count). The summed E-state index contributed by atoms with van der Waals surface area (Å²) in [6.07, 6.45) is 1.24. The highest BCUT2D eigenvalue weighted by atomic mass is 16.6. The van der Waals surface area contributed by atoms with E-state index in [0.717, 1.165) is 18.4 Å². The number of benzene rings is 1. The molecule has 0 aliphatic carbocycles. The van der Waals surface area contributed by atoms with E-state index in [1.54, 1.807) is 4.90 Å². The minimum absolute atomic E-state index is 0.0607. The molecule has 1 amide bonds. The molecule has 1 aromatic rings. The zero-order valence-corrected chi connectivity index (χ0v) is 14.9. The summed E-state index contributed by atoms with van der Waals surface area (Å²) >= 11 is 0. The number of rotatable bonds is 5. The molecule has 2 unspecified atom stereocenters. The van der Waals surface area contributed by atoms with E-state index in [9.17, 15) is 9.90 Å². The molecular formula is C19H29NO4. The minimum atomic E-state index is -0.514. The fourth-order valence-corrected chi connectivity index (χ4v) is 2.91. The lowest BCUT2D eigenvalue weighted by Crippen LogP contribution is -2.50. The van der Waals surface area contributed by atoms with Gasteiger partial charge in [-0.3, -0.25) is 0 Å². The average Bonchev–Trinajstić information content (AvgIpc) is 2.54. The Kier molecular flexibility index (Phi) is 6.63. The van der Waals surface area contributed by atoms with Crippen LogP contribution in [0.3, 0.4) is 0 Å². The summed E-state index contributed by atoms with van der Waals surface area (Å²) in [5, 5.41) is 9.45. The maximum absolute atomic E-state index is 12.4. The van der Waals surface area contributed by atoms with Gasteiger partial charge in [-0.25, -0.2) is 4.79 Å². The quantitative estimate of drug-likeness (QED) is 0.897. The Morgan fingerprint density at radius 1 is 1.29 bits per heavy atom. The van der Waals surface area contributed by atoms with E-state index in [1.165, 1.54) is 0 Å². The monoisotopic (exact) mass is 335 g/mol. The topological polar surface area (TPSA) is 59.0 Å². The van der Waals surface area contributed by atoms with Crippen LogP contribution in [0.4, 0.5) is 4.79 Å². The van der Waals surface area contributed by atoms with Gasteiger partial charge in [-0.1, -0.05) is 30.3 Å². The Morgan fingerprint density at radius 2 is 2.00 bits per heavy atom. The van der Waals surface area contributed by atoms with E-state index in [2.05, 4.69) is 0 Å². The van der Waals surface area contributed by atoms with Crippen LogP contribution in [0.2, 0.25) is 0 Å². The summed E-state index contributed by atoms with van der Waals surface area (Å²) in [4.78, 5) is 14.2. The highest BCUT2D eigenvalue weighted by molar-refractivity contribution is 5.68. The van der Waals surface area contributed by atoms with Crippen molar-refractivity contribution in [1.82, 2.24) is 4.90 Å². The molecular weight excluding hydrogens is 306 g/mol. The van der Waals surface area contributed by atoms with Gasteiger partial charge in [0.05, 0.1) is 19.3 Å². The molecule has 0 saturated carbocycles. The second-order valence-corrected chi connectivity index (χ2v) is 7.40. The molecule has 1 fully saturated rings. The number of ether oxygens (including phenoxy) is 2. The summed E-state index contributed by atoms with van der Waals surface area (Å²) in [6.45, 7) is 7.32. The maximum atomic E-state index is 12.4. The third-order valence-electron chi connectivity index (χ3n) is 4.13. The van der Waals surface area contributed by atoms with E-state index in [-0.39, 0.29) is 24.7 Å². The van der Waals surface area contributed by atoms with E-state index < -0.39 is 5.60 Å². The van der Waals surface area contributed by atoms with Crippen LogP contribution in [0, 0.1) is 5.92 Å². The molecule has 1 heterocycles. The Bertz CT molecular complexity index is 512. The third kappa shape index (κ3) is 5.80. The predicted octanol–water partition coefficient (Wildman–Crippen LogP) is 3.21. The minimum Gasteiger partial charge on any atom is -0.444 e. The van der Waals surface area contributed by atoms with Gasteiger partial charge in [0.1, 0.15) is 5.60 Å². The molecule has 1 aliphatic rings. The van der Waals surface area contributed by atoms with E-state index in [4.69, 9.17) is 9.47 Å². The molecule has 5 nitrogen and oxygen atoms in total. The van der Waals surface area contributed by atoms with Gasteiger partial charge >= 0.3 is 6.09 Å². The van der Waals surface area contributed by atoms with Crippen LogP contribution in [0.15, 0.2) is 30.3 Å². The molecule has 0 radical (unpaired) electrons. The van der Waals surface area contributed by atoms with Crippen LogP contribution in [-0.4, -0.2) is 47.5 Å². The molecule has 1 N–H and O–H groups in total. The van der Waals surface area contributed by atoms with Crippen LogP contribution in [0.5, 0.6) is 0 Å². The first-order valence-corrected chi connectivity index (χ1v) is 8.61. The summed E-state index contributed by atoms with van der Waals surface area (Å²) in [5.74, 6) is 0.217. The van der Waals surface area contributed by atoms with Gasteiger partial charge in [-0.2, -0.15) is 0 Å². The second-order valence-electron chi connectivity index (χ2n) is 7.40. The zero-order chi connectivity index (χ0) is 17.6. The Morgan fingerprint density at radius 3 is 2.62 bits per heavy atom. The number of aliphatic hydroxyl groups excluding tert-OH is 1. The summed E-state index contributed by atoms with van der Waals surface area (Å²) in [6, 6.07) is 9.91. The van der Waals surface area contributed by atoms with Crippen molar-refractivity contribution in [3.05, 3.63) is 35.9 Å². The lowest BCUT2D eigenvalue weighted by molar-refractivity contribution is -0.0215. The fraction of sp³-hybridized carbons (Fsp3) is 0.632. The van der Waals surface area contributed by atoms with Gasteiger partial charge in [0.2, 0.25) is 0 Å². The Hall–Kier alpha value is -1.59. The summed E-state index contributed by atoms with van der Waals surface area (Å²) < 4.78 is 11.3. The number of nitrogens with zero attached hydrogens (tertiary/aromatic N) is 1. The lowest BCUT2D eigenvalue weighted by atomic mass is 9.92. The average molecular weight is 335 g/mol. The van der Waals surface area contributed by atoms with Crippen LogP contribution in [-0.2, 0) is 16.1 Å². The number of aliphatic hydroxyl groups is 1. The smallest absolute Gasteiger partial charge is 0.410 e. The number of amides is 1. The first kappa shape index (κ1) is 18.7. The zero-order valence-electron chi connectivity index (χ0n) is 14.9. The number of carbonyl (C=O) groups excluding carboxylic acids is 1. The molecule has 1 saturated heterocycles. The number of likely N-dealkylation sites (tertiary alicyclic amines) is 1. The number of hydrogen-bond donors (Lipinski definition) is 1. The molecule has 24 heavy (non-hydrogen) atoms. The van der Waals surface area contributed by atoms with Crippen LogP contribution in [0.1, 0.15) is 39.2 Å². The molecule has 5 heteroatoms. The predicted molar refractivity (Wildman–Crippen MR) is 92.6 cm³/mol. The fourth-order valence-electron chi connectivity index (χ4n) is 2.91.